The van der Waals surface area contributed by atoms with Gasteiger partial charge in [0.2, 0.25) is 0 Å². The molecule has 0 saturated carbocycles. The molecule has 0 aliphatic heterocycles. The predicted molar refractivity (Wildman–Crippen MR) is 118 cm³/mol. The maximum absolute atomic E-state index is 12.9. The van der Waals surface area contributed by atoms with Gasteiger partial charge in [0.1, 0.15) is 0 Å². The van der Waals surface area contributed by atoms with Gasteiger partial charge >= 0.3 is 11.9 Å². The average Bonchev–Trinajstić information content (AvgIpc) is 3.08. The normalized spacial score (nSPS) is 10.7. The van der Waals surface area contributed by atoms with Crippen molar-refractivity contribution in [2.45, 2.75) is 26.7 Å². The SMILES string of the molecule is CCOC(=O)CCCNC(=O)COC(=O)c1cc(-c2ccccc2)nc2c1c(C)nn2C. The zero-order valence-electron chi connectivity index (χ0n) is 18.4. The lowest BCUT2D eigenvalue weighted by Crippen LogP contribution is -2.30. The molecule has 32 heavy (non-hydrogen) atoms. The third-order valence-corrected chi connectivity index (χ3v) is 4.78. The van der Waals surface area contributed by atoms with Crippen molar-refractivity contribution >= 4 is 28.9 Å². The second-order valence-corrected chi connectivity index (χ2v) is 7.16. The first kappa shape index (κ1) is 22.9. The molecule has 1 N–H and O–H groups in total. The number of fused-ring (bicyclic) bond motifs is 1. The van der Waals surface area contributed by atoms with E-state index in [-0.39, 0.29) is 18.9 Å². The van der Waals surface area contributed by atoms with E-state index >= 15 is 0 Å². The zero-order valence-corrected chi connectivity index (χ0v) is 18.4. The van der Waals surface area contributed by atoms with Gasteiger partial charge in [-0.2, -0.15) is 5.10 Å². The quantitative estimate of drug-likeness (QED) is 0.404. The number of aromatic nitrogens is 3. The topological polar surface area (TPSA) is 112 Å². The molecular weight excluding hydrogens is 412 g/mol. The summed E-state index contributed by atoms with van der Waals surface area (Å²) in [5, 5.41) is 7.58. The van der Waals surface area contributed by atoms with Gasteiger partial charge in [-0.1, -0.05) is 30.3 Å². The maximum atomic E-state index is 12.9. The second-order valence-electron chi connectivity index (χ2n) is 7.16. The van der Waals surface area contributed by atoms with Crippen molar-refractivity contribution in [3.63, 3.8) is 0 Å². The molecule has 9 heteroatoms. The average molecular weight is 438 g/mol. The van der Waals surface area contributed by atoms with Crippen LogP contribution in [0.4, 0.5) is 0 Å². The summed E-state index contributed by atoms with van der Waals surface area (Å²) < 4.78 is 11.7. The van der Waals surface area contributed by atoms with E-state index in [1.54, 1.807) is 31.6 Å². The van der Waals surface area contributed by atoms with Crippen LogP contribution in [0.5, 0.6) is 0 Å². The molecule has 0 radical (unpaired) electrons. The van der Waals surface area contributed by atoms with Crippen molar-refractivity contribution < 1.29 is 23.9 Å². The van der Waals surface area contributed by atoms with Gasteiger partial charge in [0.25, 0.3) is 5.91 Å². The Labute approximate surface area is 185 Å². The summed E-state index contributed by atoms with van der Waals surface area (Å²) in [6, 6.07) is 11.1. The number of rotatable bonds is 9. The summed E-state index contributed by atoms with van der Waals surface area (Å²) in [6.07, 6.45) is 0.657. The summed E-state index contributed by atoms with van der Waals surface area (Å²) >= 11 is 0. The first-order chi connectivity index (χ1) is 15.4. The van der Waals surface area contributed by atoms with Crippen LogP contribution in [0.15, 0.2) is 36.4 Å². The first-order valence-corrected chi connectivity index (χ1v) is 10.4. The Kier molecular flexibility index (Phi) is 7.54. The van der Waals surface area contributed by atoms with Crippen LogP contribution in [0.3, 0.4) is 0 Å². The van der Waals surface area contributed by atoms with Crippen molar-refractivity contribution in [2.24, 2.45) is 7.05 Å². The monoisotopic (exact) mass is 438 g/mol. The maximum Gasteiger partial charge on any atom is 0.339 e. The summed E-state index contributed by atoms with van der Waals surface area (Å²) in [6.45, 7) is 3.71. The van der Waals surface area contributed by atoms with Gasteiger partial charge < -0.3 is 14.8 Å². The Bertz CT molecular complexity index is 1120. The van der Waals surface area contributed by atoms with Gasteiger partial charge in [0.15, 0.2) is 12.3 Å². The fourth-order valence-electron chi connectivity index (χ4n) is 3.32. The van der Waals surface area contributed by atoms with Crippen LogP contribution in [-0.2, 0) is 26.1 Å². The van der Waals surface area contributed by atoms with Crippen LogP contribution in [0, 0.1) is 6.92 Å². The number of nitrogens with one attached hydrogen (secondary N) is 1. The molecule has 2 aromatic heterocycles. The molecule has 2 heterocycles. The summed E-state index contributed by atoms with van der Waals surface area (Å²) in [5.74, 6) is -1.39. The van der Waals surface area contributed by atoms with Crippen molar-refractivity contribution in [1.82, 2.24) is 20.1 Å². The smallest absolute Gasteiger partial charge is 0.339 e. The number of carbonyl (C=O) groups is 3. The fourth-order valence-corrected chi connectivity index (χ4v) is 3.32. The molecule has 0 fully saturated rings. The Hall–Kier alpha value is -3.75. The molecule has 0 aliphatic rings. The lowest BCUT2D eigenvalue weighted by atomic mass is 10.1. The molecule has 1 amide bonds. The Morgan fingerprint density at radius 1 is 1.12 bits per heavy atom. The van der Waals surface area contributed by atoms with E-state index < -0.39 is 18.5 Å². The van der Waals surface area contributed by atoms with Gasteiger partial charge in [0, 0.05) is 25.6 Å². The molecule has 0 aliphatic carbocycles. The van der Waals surface area contributed by atoms with Crippen molar-refractivity contribution in [3.05, 3.63) is 47.7 Å². The predicted octanol–water partition coefficient (Wildman–Crippen LogP) is 2.56. The number of hydrogen-bond donors (Lipinski definition) is 1. The van der Waals surface area contributed by atoms with E-state index in [0.29, 0.717) is 41.0 Å². The number of pyridine rings is 1. The number of carbonyl (C=O) groups excluding carboxylic acids is 3. The number of amides is 1. The Morgan fingerprint density at radius 2 is 1.88 bits per heavy atom. The highest BCUT2D eigenvalue weighted by molar-refractivity contribution is 6.05. The highest BCUT2D eigenvalue weighted by Crippen LogP contribution is 2.27. The lowest BCUT2D eigenvalue weighted by Gasteiger charge is -2.09. The summed E-state index contributed by atoms with van der Waals surface area (Å²) in [5.41, 5.74) is 2.96. The van der Waals surface area contributed by atoms with Crippen LogP contribution in [0.1, 0.15) is 35.8 Å². The summed E-state index contributed by atoms with van der Waals surface area (Å²) in [4.78, 5) is 40.9. The van der Waals surface area contributed by atoms with E-state index in [1.807, 2.05) is 30.3 Å². The van der Waals surface area contributed by atoms with E-state index in [9.17, 15) is 14.4 Å². The van der Waals surface area contributed by atoms with E-state index in [0.717, 1.165) is 5.56 Å². The molecule has 0 unspecified atom stereocenters. The van der Waals surface area contributed by atoms with Crippen molar-refractivity contribution in [3.8, 4) is 11.3 Å². The minimum absolute atomic E-state index is 0.214. The fraction of sp³-hybridized carbons (Fsp3) is 0.348. The molecular formula is C23H26N4O5. The van der Waals surface area contributed by atoms with Crippen molar-refractivity contribution in [1.29, 1.82) is 0 Å². The molecule has 168 valence electrons. The number of hydrogen-bond acceptors (Lipinski definition) is 7. The van der Waals surface area contributed by atoms with E-state index in [2.05, 4.69) is 15.4 Å². The minimum Gasteiger partial charge on any atom is -0.466 e. The Balaban J connectivity index is 1.69. The number of esters is 2. The second kappa shape index (κ2) is 10.5. The standard InChI is InChI=1S/C23H26N4O5/c1-4-31-20(29)11-8-12-24-19(28)14-32-23(30)17-13-18(16-9-6-5-7-10-16)25-22-21(17)15(2)26-27(22)3/h5-7,9-10,13H,4,8,11-12,14H2,1-3H3,(H,24,28). The van der Waals surface area contributed by atoms with Gasteiger partial charge in [-0.3, -0.25) is 14.3 Å². The van der Waals surface area contributed by atoms with Crippen LogP contribution < -0.4 is 5.32 Å². The molecule has 1 aromatic carbocycles. The number of benzene rings is 1. The van der Waals surface area contributed by atoms with Crippen molar-refractivity contribution in [2.75, 3.05) is 19.8 Å². The number of nitrogens with zero attached hydrogens (tertiary/aromatic N) is 3. The highest BCUT2D eigenvalue weighted by atomic mass is 16.5. The molecule has 0 atom stereocenters. The van der Waals surface area contributed by atoms with Crippen LogP contribution >= 0.6 is 0 Å². The van der Waals surface area contributed by atoms with Gasteiger partial charge in [-0.25, -0.2) is 9.78 Å². The molecule has 0 saturated heterocycles. The van der Waals surface area contributed by atoms with Crippen LogP contribution in [0.25, 0.3) is 22.3 Å². The van der Waals surface area contributed by atoms with Gasteiger partial charge in [0.05, 0.1) is 28.9 Å². The molecule has 3 aromatic rings. The molecule has 0 spiro atoms. The molecule has 3 rings (SSSR count). The number of aryl methyl sites for hydroxylation is 2. The highest BCUT2D eigenvalue weighted by Gasteiger charge is 2.21. The lowest BCUT2D eigenvalue weighted by molar-refractivity contribution is -0.143. The summed E-state index contributed by atoms with van der Waals surface area (Å²) in [7, 11) is 1.76. The largest absolute Gasteiger partial charge is 0.466 e. The van der Waals surface area contributed by atoms with E-state index in [1.165, 1.54) is 0 Å². The van der Waals surface area contributed by atoms with Crippen LogP contribution in [-0.4, -0.2) is 52.4 Å². The minimum atomic E-state index is -0.632. The van der Waals surface area contributed by atoms with Gasteiger partial charge in [-0.05, 0) is 26.3 Å². The third kappa shape index (κ3) is 5.48. The van der Waals surface area contributed by atoms with Gasteiger partial charge in [-0.15, -0.1) is 0 Å². The third-order valence-electron chi connectivity index (χ3n) is 4.78. The molecule has 9 nitrogen and oxygen atoms in total. The Morgan fingerprint density at radius 3 is 2.59 bits per heavy atom. The molecule has 0 bridgehead atoms. The first-order valence-electron chi connectivity index (χ1n) is 10.4. The number of ether oxygens (including phenoxy) is 2. The zero-order chi connectivity index (χ0) is 23.1. The van der Waals surface area contributed by atoms with Crippen LogP contribution in [0.2, 0.25) is 0 Å². The van der Waals surface area contributed by atoms with E-state index in [4.69, 9.17) is 9.47 Å².